The number of hydrogen-bond donors (Lipinski definition) is 1. The third-order valence-corrected chi connectivity index (χ3v) is 4.59. The van der Waals surface area contributed by atoms with Crippen molar-refractivity contribution >= 4 is 23.9 Å². The summed E-state index contributed by atoms with van der Waals surface area (Å²) in [5.41, 5.74) is -0.150. The number of ether oxygens (including phenoxy) is 2. The summed E-state index contributed by atoms with van der Waals surface area (Å²) >= 11 is 0. The lowest BCUT2D eigenvalue weighted by Crippen LogP contribution is -2.38. The SMILES string of the molecule is COc1ccc(C=CC(=O)Oc2ccc(N=Cc3c(O)n(C)c(=O)n(C)c3=O)cc2)cc1. The minimum Gasteiger partial charge on any atom is -0.497 e. The molecule has 0 amide bonds. The van der Waals surface area contributed by atoms with Crippen molar-refractivity contribution in [2.45, 2.75) is 0 Å². The molecule has 0 atom stereocenters. The maximum Gasteiger partial charge on any atom is 0.336 e. The molecular formula is C23H21N3O6. The minimum atomic E-state index is -0.663. The topological polar surface area (TPSA) is 112 Å². The number of carbonyl (C=O) groups excluding carboxylic acids is 1. The lowest BCUT2D eigenvalue weighted by molar-refractivity contribution is -0.128. The van der Waals surface area contributed by atoms with Crippen LogP contribution in [0.25, 0.3) is 6.08 Å². The molecule has 0 fully saturated rings. The summed E-state index contributed by atoms with van der Waals surface area (Å²) < 4.78 is 12.2. The first kappa shape index (κ1) is 22.3. The molecule has 9 heteroatoms. The van der Waals surface area contributed by atoms with Gasteiger partial charge >= 0.3 is 11.7 Å². The molecular weight excluding hydrogens is 414 g/mol. The van der Waals surface area contributed by atoms with E-state index in [1.807, 2.05) is 12.1 Å². The minimum absolute atomic E-state index is 0.117. The van der Waals surface area contributed by atoms with E-state index in [0.717, 1.165) is 20.4 Å². The van der Waals surface area contributed by atoms with Crippen LogP contribution in [0.5, 0.6) is 17.4 Å². The van der Waals surface area contributed by atoms with E-state index in [0.29, 0.717) is 11.4 Å². The van der Waals surface area contributed by atoms with Crippen LogP contribution in [0.2, 0.25) is 0 Å². The maximum atomic E-state index is 12.2. The zero-order chi connectivity index (χ0) is 23.3. The van der Waals surface area contributed by atoms with Gasteiger partial charge in [0, 0.05) is 26.4 Å². The average Bonchev–Trinajstić information content (AvgIpc) is 2.81. The first-order valence-electron chi connectivity index (χ1n) is 9.47. The van der Waals surface area contributed by atoms with Crippen LogP contribution >= 0.6 is 0 Å². The smallest absolute Gasteiger partial charge is 0.336 e. The lowest BCUT2D eigenvalue weighted by Gasteiger charge is -2.07. The fourth-order valence-corrected chi connectivity index (χ4v) is 2.74. The van der Waals surface area contributed by atoms with Crippen molar-refractivity contribution in [3.8, 4) is 17.4 Å². The summed E-state index contributed by atoms with van der Waals surface area (Å²) in [5, 5.41) is 10.1. The van der Waals surface area contributed by atoms with Gasteiger partial charge < -0.3 is 14.6 Å². The van der Waals surface area contributed by atoms with Gasteiger partial charge in [0.25, 0.3) is 5.56 Å². The van der Waals surface area contributed by atoms with Crippen LogP contribution in [-0.2, 0) is 18.9 Å². The molecule has 1 aromatic heterocycles. The first-order valence-corrected chi connectivity index (χ1v) is 9.47. The van der Waals surface area contributed by atoms with Gasteiger partial charge in [0.2, 0.25) is 5.88 Å². The predicted octanol–water partition coefficient (Wildman–Crippen LogP) is 2.17. The highest BCUT2D eigenvalue weighted by Crippen LogP contribution is 2.19. The highest BCUT2D eigenvalue weighted by atomic mass is 16.5. The molecule has 32 heavy (non-hydrogen) atoms. The van der Waals surface area contributed by atoms with Crippen LogP contribution in [0.15, 0.2) is 69.2 Å². The van der Waals surface area contributed by atoms with Crippen molar-refractivity contribution in [3.05, 3.63) is 86.6 Å². The second-order valence-electron chi connectivity index (χ2n) is 6.72. The average molecular weight is 435 g/mol. The number of methoxy groups -OCH3 is 1. The quantitative estimate of drug-likeness (QED) is 0.275. The summed E-state index contributed by atoms with van der Waals surface area (Å²) in [5.74, 6) is 0.0142. The number of carbonyl (C=O) groups is 1. The number of rotatable bonds is 6. The van der Waals surface area contributed by atoms with Gasteiger partial charge in [-0.15, -0.1) is 0 Å². The number of hydrogen-bond acceptors (Lipinski definition) is 7. The van der Waals surface area contributed by atoms with Gasteiger partial charge in [-0.1, -0.05) is 12.1 Å². The molecule has 0 saturated heterocycles. The van der Waals surface area contributed by atoms with Crippen molar-refractivity contribution < 1.29 is 19.4 Å². The molecule has 3 rings (SSSR count). The molecule has 1 N–H and O–H groups in total. The lowest BCUT2D eigenvalue weighted by atomic mass is 10.2. The van der Waals surface area contributed by atoms with Gasteiger partial charge in [0.05, 0.1) is 12.8 Å². The van der Waals surface area contributed by atoms with E-state index in [1.165, 1.54) is 26.4 Å². The summed E-state index contributed by atoms with van der Waals surface area (Å²) in [7, 11) is 4.24. The molecule has 0 aliphatic rings. The van der Waals surface area contributed by atoms with Crippen LogP contribution in [0.1, 0.15) is 11.1 Å². The van der Waals surface area contributed by atoms with E-state index in [2.05, 4.69) is 4.99 Å². The Balaban J connectivity index is 1.68. The molecule has 0 bridgehead atoms. The zero-order valence-corrected chi connectivity index (χ0v) is 17.7. The number of aromatic hydroxyl groups is 1. The van der Waals surface area contributed by atoms with Gasteiger partial charge in [-0.3, -0.25) is 18.9 Å². The summed E-state index contributed by atoms with van der Waals surface area (Å²) in [6.45, 7) is 0. The zero-order valence-electron chi connectivity index (χ0n) is 17.7. The number of nitrogens with zero attached hydrogens (tertiary/aromatic N) is 3. The molecule has 0 unspecified atom stereocenters. The van der Waals surface area contributed by atoms with Crippen molar-refractivity contribution in [1.82, 2.24) is 9.13 Å². The molecule has 0 spiro atoms. The predicted molar refractivity (Wildman–Crippen MR) is 120 cm³/mol. The van der Waals surface area contributed by atoms with Crippen LogP contribution < -0.4 is 20.7 Å². The van der Waals surface area contributed by atoms with Crippen LogP contribution in [-0.4, -0.2) is 33.5 Å². The highest BCUT2D eigenvalue weighted by Gasteiger charge is 2.12. The van der Waals surface area contributed by atoms with E-state index >= 15 is 0 Å². The van der Waals surface area contributed by atoms with E-state index in [1.54, 1.807) is 49.6 Å². The maximum absolute atomic E-state index is 12.2. The van der Waals surface area contributed by atoms with Crippen molar-refractivity contribution in [1.29, 1.82) is 0 Å². The Kier molecular flexibility index (Phi) is 6.69. The molecule has 164 valence electrons. The Morgan fingerprint density at radius 1 is 0.969 bits per heavy atom. The fraction of sp³-hybridized carbons (Fsp3) is 0.130. The molecule has 0 saturated carbocycles. The molecule has 2 aromatic carbocycles. The van der Waals surface area contributed by atoms with Gasteiger partial charge in [-0.25, -0.2) is 9.59 Å². The molecule has 3 aromatic rings. The van der Waals surface area contributed by atoms with Crippen LogP contribution in [0.3, 0.4) is 0 Å². The van der Waals surface area contributed by atoms with E-state index in [9.17, 15) is 19.5 Å². The Morgan fingerprint density at radius 2 is 1.59 bits per heavy atom. The van der Waals surface area contributed by atoms with Gasteiger partial charge in [-0.05, 0) is 48.0 Å². The second kappa shape index (κ2) is 9.61. The third-order valence-electron chi connectivity index (χ3n) is 4.59. The van der Waals surface area contributed by atoms with E-state index < -0.39 is 23.1 Å². The standard InChI is InChI=1S/C23H21N3O6/c1-25-21(28)19(22(29)26(2)23(25)30)14-24-16-7-11-18(12-8-16)32-20(27)13-6-15-4-9-17(31-3)10-5-15/h4-14,28H,1-3H3. The Morgan fingerprint density at radius 3 is 2.22 bits per heavy atom. The molecule has 0 aliphatic heterocycles. The second-order valence-corrected chi connectivity index (χ2v) is 6.72. The first-order chi connectivity index (χ1) is 15.3. The summed E-state index contributed by atoms with van der Waals surface area (Å²) in [6.07, 6.45) is 4.11. The van der Waals surface area contributed by atoms with Gasteiger partial charge in [0.15, 0.2) is 0 Å². The Labute approximate surface area is 183 Å². The summed E-state index contributed by atoms with van der Waals surface area (Å²) in [6, 6.07) is 13.4. The van der Waals surface area contributed by atoms with Crippen molar-refractivity contribution in [3.63, 3.8) is 0 Å². The van der Waals surface area contributed by atoms with Gasteiger partial charge in [0.1, 0.15) is 17.1 Å². The number of aromatic nitrogens is 2. The Hall–Kier alpha value is -4.40. The van der Waals surface area contributed by atoms with Crippen molar-refractivity contribution in [2.75, 3.05) is 7.11 Å². The number of benzene rings is 2. The summed E-state index contributed by atoms with van der Waals surface area (Å²) in [4.78, 5) is 40.1. The number of aliphatic imine (C=N–C) groups is 1. The molecule has 0 aliphatic carbocycles. The largest absolute Gasteiger partial charge is 0.497 e. The molecule has 0 radical (unpaired) electrons. The van der Waals surface area contributed by atoms with E-state index in [4.69, 9.17) is 9.47 Å². The number of esters is 1. The highest BCUT2D eigenvalue weighted by molar-refractivity contribution is 5.89. The third kappa shape index (κ3) is 5.01. The van der Waals surface area contributed by atoms with Crippen molar-refractivity contribution in [2.24, 2.45) is 19.1 Å². The Bertz CT molecular complexity index is 1300. The fourth-order valence-electron chi connectivity index (χ4n) is 2.74. The normalized spacial score (nSPS) is 11.2. The van der Waals surface area contributed by atoms with E-state index in [-0.39, 0.29) is 5.56 Å². The molecule has 9 nitrogen and oxygen atoms in total. The van der Waals surface area contributed by atoms with Crippen LogP contribution in [0.4, 0.5) is 5.69 Å². The molecule has 1 heterocycles. The monoisotopic (exact) mass is 435 g/mol. The van der Waals surface area contributed by atoms with Gasteiger partial charge in [-0.2, -0.15) is 0 Å². The van der Waals surface area contributed by atoms with Crippen LogP contribution in [0, 0.1) is 0 Å².